The number of nitrogens with one attached hydrogen (secondary N) is 1. The minimum absolute atomic E-state index is 0.0160. The van der Waals surface area contributed by atoms with Crippen LogP contribution in [-0.4, -0.2) is 23.3 Å². The maximum atomic E-state index is 13.6. The highest BCUT2D eigenvalue weighted by Crippen LogP contribution is 2.39. The molecule has 0 saturated carbocycles. The molecular weight excluding hydrogens is 368 g/mol. The summed E-state index contributed by atoms with van der Waals surface area (Å²) in [4.78, 5) is 28.9. The van der Waals surface area contributed by atoms with E-state index in [1.165, 1.54) is 0 Å². The van der Waals surface area contributed by atoms with Gasteiger partial charge in [0.05, 0.1) is 6.04 Å². The van der Waals surface area contributed by atoms with Crippen molar-refractivity contribution in [3.05, 3.63) is 86.6 Å². The van der Waals surface area contributed by atoms with E-state index in [1.807, 2.05) is 68.6 Å². The number of fused-ring (bicyclic) bond motifs is 1. The number of carbonyl (C=O) groups excluding carboxylic acids is 2. The molecule has 2 heterocycles. The third-order valence-corrected chi connectivity index (χ3v) is 5.87. The molecule has 28 heavy (non-hydrogen) atoms. The maximum absolute atomic E-state index is 13.6. The first kappa shape index (κ1) is 18.4. The number of nitrogens with zero attached hydrogens (tertiary/aromatic N) is 1. The molecule has 1 atom stereocenters. The molecule has 0 radical (unpaired) electrons. The molecule has 1 unspecified atom stereocenters. The van der Waals surface area contributed by atoms with Gasteiger partial charge < -0.3 is 10.2 Å². The van der Waals surface area contributed by atoms with Gasteiger partial charge >= 0.3 is 0 Å². The molecule has 3 aromatic rings. The zero-order chi connectivity index (χ0) is 19.8. The number of amides is 2. The molecule has 0 aliphatic carbocycles. The predicted octanol–water partition coefficient (Wildman–Crippen LogP) is 4.86. The molecule has 1 aliphatic heterocycles. The van der Waals surface area contributed by atoms with Crippen molar-refractivity contribution in [2.75, 3.05) is 11.9 Å². The van der Waals surface area contributed by atoms with Gasteiger partial charge in [0, 0.05) is 21.7 Å². The van der Waals surface area contributed by atoms with Crippen LogP contribution in [0.25, 0.3) is 0 Å². The molecule has 2 aromatic carbocycles. The number of aryl methyl sites for hydroxylation is 3. The van der Waals surface area contributed by atoms with Gasteiger partial charge in [-0.15, -0.1) is 11.3 Å². The van der Waals surface area contributed by atoms with E-state index < -0.39 is 0 Å². The van der Waals surface area contributed by atoms with Gasteiger partial charge in [-0.2, -0.15) is 0 Å². The fourth-order valence-corrected chi connectivity index (χ4v) is 4.69. The second-order valence-corrected chi connectivity index (χ2v) is 8.35. The van der Waals surface area contributed by atoms with E-state index in [0.29, 0.717) is 5.56 Å². The van der Waals surface area contributed by atoms with Crippen LogP contribution in [0.4, 0.5) is 5.69 Å². The Balaban J connectivity index is 1.88. The molecule has 0 bridgehead atoms. The Morgan fingerprint density at radius 2 is 1.79 bits per heavy atom. The predicted molar refractivity (Wildman–Crippen MR) is 113 cm³/mol. The minimum Gasteiger partial charge on any atom is -0.324 e. The third kappa shape index (κ3) is 3.45. The third-order valence-electron chi connectivity index (χ3n) is 4.94. The average Bonchev–Trinajstić information content (AvgIpc) is 3.11. The molecule has 4 rings (SSSR count). The Kier molecular flexibility index (Phi) is 4.77. The van der Waals surface area contributed by atoms with Gasteiger partial charge in [-0.05, 0) is 50.4 Å². The van der Waals surface area contributed by atoms with Crippen LogP contribution < -0.4 is 5.32 Å². The standard InChI is InChI=1S/C23H22N2O2S/c1-14-6-7-19-18(12-14)22(20-5-4-8-28-20)25(13-21(26)24-19)23(27)17-10-15(2)9-16(3)11-17/h4-12,22H,13H2,1-3H3,(H,24,26). The largest absolute Gasteiger partial charge is 0.324 e. The van der Waals surface area contributed by atoms with Crippen molar-refractivity contribution in [2.24, 2.45) is 0 Å². The van der Waals surface area contributed by atoms with Gasteiger partial charge in [-0.25, -0.2) is 0 Å². The minimum atomic E-state index is -0.304. The highest BCUT2D eigenvalue weighted by molar-refractivity contribution is 7.10. The summed E-state index contributed by atoms with van der Waals surface area (Å²) in [7, 11) is 0. The van der Waals surface area contributed by atoms with Crippen LogP contribution in [0.15, 0.2) is 53.9 Å². The number of carbonyl (C=O) groups is 2. The summed E-state index contributed by atoms with van der Waals surface area (Å²) in [6.07, 6.45) is 0. The van der Waals surface area contributed by atoms with E-state index in [-0.39, 0.29) is 24.4 Å². The van der Waals surface area contributed by atoms with Crippen LogP contribution in [0.2, 0.25) is 0 Å². The highest BCUT2D eigenvalue weighted by atomic mass is 32.1. The molecule has 1 aliphatic rings. The Morgan fingerprint density at radius 1 is 1.04 bits per heavy atom. The van der Waals surface area contributed by atoms with Gasteiger partial charge in [0.2, 0.25) is 5.91 Å². The lowest BCUT2D eigenvalue weighted by Crippen LogP contribution is -2.38. The van der Waals surface area contributed by atoms with E-state index >= 15 is 0 Å². The Labute approximate surface area is 168 Å². The van der Waals surface area contributed by atoms with Crippen LogP contribution in [0, 0.1) is 20.8 Å². The van der Waals surface area contributed by atoms with Crippen molar-refractivity contribution < 1.29 is 9.59 Å². The van der Waals surface area contributed by atoms with Gasteiger partial charge in [0.1, 0.15) is 6.54 Å². The van der Waals surface area contributed by atoms with E-state index in [0.717, 1.165) is 32.8 Å². The molecule has 0 saturated heterocycles. The first-order chi connectivity index (χ1) is 13.4. The van der Waals surface area contributed by atoms with E-state index in [1.54, 1.807) is 16.2 Å². The Bertz CT molecular complexity index is 1040. The molecule has 5 heteroatoms. The topological polar surface area (TPSA) is 49.4 Å². The molecule has 1 N–H and O–H groups in total. The lowest BCUT2D eigenvalue weighted by atomic mass is 9.98. The molecule has 1 aromatic heterocycles. The summed E-state index contributed by atoms with van der Waals surface area (Å²) in [6.45, 7) is 6.00. The van der Waals surface area contributed by atoms with Gasteiger partial charge in [-0.3, -0.25) is 9.59 Å². The van der Waals surface area contributed by atoms with Crippen LogP contribution in [-0.2, 0) is 4.79 Å². The first-order valence-corrected chi connectivity index (χ1v) is 10.1. The quantitative estimate of drug-likeness (QED) is 0.679. The fraction of sp³-hybridized carbons (Fsp3) is 0.217. The Hall–Kier alpha value is -2.92. The van der Waals surface area contributed by atoms with Crippen molar-refractivity contribution in [1.82, 2.24) is 4.90 Å². The number of hydrogen-bond donors (Lipinski definition) is 1. The number of rotatable bonds is 2. The van der Waals surface area contributed by atoms with Crippen LogP contribution in [0.1, 0.15) is 43.5 Å². The second-order valence-electron chi connectivity index (χ2n) is 7.37. The highest BCUT2D eigenvalue weighted by Gasteiger charge is 2.34. The van der Waals surface area contributed by atoms with Crippen LogP contribution in [0.3, 0.4) is 0 Å². The van der Waals surface area contributed by atoms with Crippen molar-refractivity contribution in [2.45, 2.75) is 26.8 Å². The second kappa shape index (κ2) is 7.24. The summed E-state index contributed by atoms with van der Waals surface area (Å²) in [5.41, 5.74) is 5.49. The molecule has 4 nitrogen and oxygen atoms in total. The van der Waals surface area contributed by atoms with Gasteiger partial charge in [0.15, 0.2) is 0 Å². The zero-order valence-electron chi connectivity index (χ0n) is 16.2. The zero-order valence-corrected chi connectivity index (χ0v) is 17.0. The number of hydrogen-bond acceptors (Lipinski definition) is 3. The first-order valence-electron chi connectivity index (χ1n) is 9.25. The summed E-state index contributed by atoms with van der Waals surface area (Å²) < 4.78 is 0. The molecule has 2 amide bonds. The van der Waals surface area contributed by atoms with E-state index in [4.69, 9.17) is 0 Å². The van der Waals surface area contributed by atoms with Crippen LogP contribution in [0.5, 0.6) is 0 Å². The average molecular weight is 391 g/mol. The lowest BCUT2D eigenvalue weighted by Gasteiger charge is -2.30. The summed E-state index contributed by atoms with van der Waals surface area (Å²) in [5.74, 6) is -0.309. The lowest BCUT2D eigenvalue weighted by molar-refractivity contribution is -0.117. The van der Waals surface area contributed by atoms with E-state index in [2.05, 4.69) is 11.4 Å². The van der Waals surface area contributed by atoms with Crippen molar-refractivity contribution in [1.29, 1.82) is 0 Å². The van der Waals surface area contributed by atoms with Gasteiger partial charge in [0.25, 0.3) is 5.91 Å². The van der Waals surface area contributed by atoms with Crippen molar-refractivity contribution in [3.63, 3.8) is 0 Å². The monoisotopic (exact) mass is 390 g/mol. The van der Waals surface area contributed by atoms with Gasteiger partial charge in [-0.1, -0.05) is 41.0 Å². The van der Waals surface area contributed by atoms with Crippen molar-refractivity contribution >= 4 is 28.8 Å². The summed E-state index contributed by atoms with van der Waals surface area (Å²) in [5, 5.41) is 4.98. The molecule has 0 fully saturated rings. The number of benzene rings is 2. The van der Waals surface area contributed by atoms with Crippen LogP contribution >= 0.6 is 11.3 Å². The van der Waals surface area contributed by atoms with Crippen molar-refractivity contribution in [3.8, 4) is 0 Å². The number of anilines is 1. The molecule has 142 valence electrons. The normalized spacial score (nSPS) is 16.3. The molecular formula is C23H22N2O2S. The summed E-state index contributed by atoms with van der Waals surface area (Å²) in [6, 6.07) is 15.5. The fourth-order valence-electron chi connectivity index (χ4n) is 3.83. The molecule has 0 spiro atoms. The maximum Gasteiger partial charge on any atom is 0.255 e. The summed E-state index contributed by atoms with van der Waals surface area (Å²) >= 11 is 1.60. The van der Waals surface area contributed by atoms with E-state index in [9.17, 15) is 9.59 Å². The number of thiophene rings is 1. The Morgan fingerprint density at radius 3 is 2.46 bits per heavy atom. The smallest absolute Gasteiger partial charge is 0.255 e. The SMILES string of the molecule is Cc1cc(C)cc(C(=O)N2CC(=O)Nc3ccc(C)cc3C2c2cccs2)c1.